The van der Waals surface area contributed by atoms with Gasteiger partial charge in [-0.3, -0.25) is 4.79 Å². The largest absolute Gasteiger partial charge is 0.384 e. The highest BCUT2D eigenvalue weighted by Crippen LogP contribution is 2.45. The first-order chi connectivity index (χ1) is 15.4. The highest BCUT2D eigenvalue weighted by atomic mass is 16.7. The summed E-state index contributed by atoms with van der Waals surface area (Å²) < 4.78 is 23.3. The fourth-order valence-corrected chi connectivity index (χ4v) is 4.53. The zero-order valence-electron chi connectivity index (χ0n) is 19.2. The third kappa shape index (κ3) is 5.63. The second kappa shape index (κ2) is 11.2. The Morgan fingerprint density at radius 3 is 2.03 bits per heavy atom. The van der Waals surface area contributed by atoms with Crippen LogP contribution in [-0.4, -0.2) is 41.8 Å². The van der Waals surface area contributed by atoms with E-state index in [-0.39, 0.29) is 25.3 Å². The summed E-state index contributed by atoms with van der Waals surface area (Å²) in [5.74, 6) is -0.205. The third-order valence-electron chi connectivity index (χ3n) is 6.35. The van der Waals surface area contributed by atoms with E-state index < -0.39 is 17.3 Å². The standard InChI is InChI=1S/C26H34O6/c1-20-14-15-26(21(2)27,32-19-30-17-23-12-8-5-9-13-23)25(3,28)24(20)31-18-29-16-22-10-6-4-7-11-22/h4-13,20,24,28H,14-19H2,1-3H3. The molecule has 4 atom stereocenters. The maximum atomic E-state index is 12.7. The second-order valence-electron chi connectivity index (χ2n) is 8.68. The van der Waals surface area contributed by atoms with Gasteiger partial charge in [0, 0.05) is 0 Å². The Hall–Kier alpha value is -2.09. The predicted octanol–water partition coefficient (Wildman–Crippen LogP) is 4.25. The van der Waals surface area contributed by atoms with E-state index in [1.54, 1.807) is 6.92 Å². The average molecular weight is 443 g/mol. The molecule has 0 bridgehead atoms. The van der Waals surface area contributed by atoms with Crippen molar-refractivity contribution in [1.29, 1.82) is 0 Å². The highest BCUT2D eigenvalue weighted by Gasteiger charge is 2.60. The van der Waals surface area contributed by atoms with Crippen molar-refractivity contribution >= 4 is 5.78 Å². The first kappa shape index (κ1) is 24.6. The van der Waals surface area contributed by atoms with Gasteiger partial charge in [-0.1, -0.05) is 67.6 Å². The minimum Gasteiger partial charge on any atom is -0.384 e. The zero-order valence-corrected chi connectivity index (χ0v) is 19.2. The van der Waals surface area contributed by atoms with Gasteiger partial charge in [0.25, 0.3) is 0 Å². The molecule has 0 aliphatic heterocycles. The van der Waals surface area contributed by atoms with Crippen LogP contribution >= 0.6 is 0 Å². The monoisotopic (exact) mass is 442 g/mol. The van der Waals surface area contributed by atoms with Crippen LogP contribution < -0.4 is 0 Å². The molecule has 1 fully saturated rings. The summed E-state index contributed by atoms with van der Waals surface area (Å²) in [5.41, 5.74) is -0.895. The lowest BCUT2D eigenvalue weighted by molar-refractivity contribution is -0.280. The molecule has 0 saturated heterocycles. The molecule has 4 unspecified atom stereocenters. The first-order valence-corrected chi connectivity index (χ1v) is 11.1. The lowest BCUT2D eigenvalue weighted by Crippen LogP contribution is -2.69. The molecule has 0 heterocycles. The van der Waals surface area contributed by atoms with E-state index in [9.17, 15) is 9.90 Å². The molecule has 2 aromatic carbocycles. The molecule has 0 radical (unpaired) electrons. The van der Waals surface area contributed by atoms with Crippen LogP contribution in [-0.2, 0) is 37.0 Å². The Morgan fingerprint density at radius 1 is 0.969 bits per heavy atom. The Kier molecular flexibility index (Phi) is 8.57. The van der Waals surface area contributed by atoms with Crippen LogP contribution in [0.4, 0.5) is 0 Å². The number of ketones is 1. The van der Waals surface area contributed by atoms with Crippen molar-refractivity contribution in [2.24, 2.45) is 5.92 Å². The van der Waals surface area contributed by atoms with E-state index >= 15 is 0 Å². The zero-order chi connectivity index (χ0) is 23.0. The van der Waals surface area contributed by atoms with Crippen LogP contribution in [0.3, 0.4) is 0 Å². The van der Waals surface area contributed by atoms with Gasteiger partial charge < -0.3 is 24.1 Å². The van der Waals surface area contributed by atoms with E-state index in [0.717, 1.165) is 11.1 Å². The fourth-order valence-electron chi connectivity index (χ4n) is 4.53. The molecule has 2 aromatic rings. The number of Topliss-reactive ketones (excluding diaryl/α,β-unsaturated/α-hetero) is 1. The number of carbonyl (C=O) groups is 1. The minimum absolute atomic E-state index is 0.0124. The summed E-state index contributed by atoms with van der Waals surface area (Å²) in [6.07, 6.45) is 0.457. The van der Waals surface area contributed by atoms with Crippen molar-refractivity contribution < 1.29 is 28.8 Å². The number of hydrogen-bond acceptors (Lipinski definition) is 6. The van der Waals surface area contributed by atoms with Gasteiger partial charge >= 0.3 is 0 Å². The molecule has 0 amide bonds. The third-order valence-corrected chi connectivity index (χ3v) is 6.35. The first-order valence-electron chi connectivity index (χ1n) is 11.1. The molecule has 1 N–H and O–H groups in total. The number of rotatable bonds is 11. The van der Waals surface area contributed by atoms with Crippen LogP contribution in [0.2, 0.25) is 0 Å². The molecule has 32 heavy (non-hydrogen) atoms. The van der Waals surface area contributed by atoms with Crippen LogP contribution in [0.15, 0.2) is 60.7 Å². The molecule has 0 aromatic heterocycles. The predicted molar refractivity (Wildman–Crippen MR) is 121 cm³/mol. The van der Waals surface area contributed by atoms with Crippen molar-refractivity contribution in [3.05, 3.63) is 71.8 Å². The van der Waals surface area contributed by atoms with Gasteiger partial charge in [0.05, 0.1) is 19.3 Å². The Morgan fingerprint density at radius 2 is 1.50 bits per heavy atom. The van der Waals surface area contributed by atoms with Gasteiger partial charge in [-0.05, 0) is 43.7 Å². The lowest BCUT2D eigenvalue weighted by Gasteiger charge is -2.52. The van der Waals surface area contributed by atoms with Crippen molar-refractivity contribution in [3.63, 3.8) is 0 Å². The number of aliphatic hydroxyl groups is 1. The second-order valence-corrected chi connectivity index (χ2v) is 8.68. The molecule has 1 aliphatic rings. The molecule has 6 nitrogen and oxygen atoms in total. The lowest BCUT2D eigenvalue weighted by atomic mass is 9.65. The number of benzene rings is 2. The molecule has 6 heteroatoms. The summed E-state index contributed by atoms with van der Waals surface area (Å²) in [6, 6.07) is 19.5. The van der Waals surface area contributed by atoms with Crippen LogP contribution in [0.5, 0.6) is 0 Å². The maximum Gasteiger partial charge on any atom is 0.164 e. The number of hydrogen-bond donors (Lipinski definition) is 1. The molecule has 174 valence electrons. The Labute approximate surface area is 190 Å². The summed E-state index contributed by atoms with van der Waals surface area (Å²) in [7, 11) is 0. The summed E-state index contributed by atoms with van der Waals surface area (Å²) in [5, 5.41) is 11.5. The van der Waals surface area contributed by atoms with E-state index in [1.807, 2.05) is 67.6 Å². The number of carbonyl (C=O) groups excluding carboxylic acids is 1. The van der Waals surface area contributed by atoms with Crippen LogP contribution in [0.1, 0.15) is 44.7 Å². The van der Waals surface area contributed by atoms with Gasteiger partial charge in [0.15, 0.2) is 11.4 Å². The van der Waals surface area contributed by atoms with Gasteiger partial charge in [-0.2, -0.15) is 0 Å². The summed E-state index contributed by atoms with van der Waals surface area (Å²) in [6.45, 7) is 5.75. The molecular weight excluding hydrogens is 408 g/mol. The summed E-state index contributed by atoms with van der Waals surface area (Å²) >= 11 is 0. The Bertz CT molecular complexity index is 838. The quantitative estimate of drug-likeness (QED) is 0.414. The molecule has 1 aliphatic carbocycles. The smallest absolute Gasteiger partial charge is 0.164 e. The number of ether oxygens (including phenoxy) is 4. The van der Waals surface area contributed by atoms with Gasteiger partial charge in [0.2, 0.25) is 0 Å². The average Bonchev–Trinajstić information content (AvgIpc) is 2.78. The van der Waals surface area contributed by atoms with Gasteiger partial charge in [-0.15, -0.1) is 0 Å². The topological polar surface area (TPSA) is 74.2 Å². The molecule has 1 saturated carbocycles. The Balaban J connectivity index is 1.60. The van der Waals surface area contributed by atoms with Crippen LogP contribution in [0, 0.1) is 5.92 Å². The van der Waals surface area contributed by atoms with Gasteiger partial charge in [-0.25, -0.2) is 0 Å². The van der Waals surface area contributed by atoms with E-state index in [4.69, 9.17) is 18.9 Å². The van der Waals surface area contributed by atoms with Crippen molar-refractivity contribution in [1.82, 2.24) is 0 Å². The van der Waals surface area contributed by atoms with Crippen molar-refractivity contribution in [2.45, 2.75) is 64.1 Å². The molecule has 0 spiro atoms. The van der Waals surface area contributed by atoms with Crippen LogP contribution in [0.25, 0.3) is 0 Å². The van der Waals surface area contributed by atoms with Crippen molar-refractivity contribution in [3.8, 4) is 0 Å². The van der Waals surface area contributed by atoms with E-state index in [2.05, 4.69) is 0 Å². The normalized spacial score (nSPS) is 27.9. The highest BCUT2D eigenvalue weighted by molar-refractivity contribution is 5.87. The molecular formula is C26H34O6. The fraction of sp³-hybridized carbons (Fsp3) is 0.500. The van der Waals surface area contributed by atoms with Crippen molar-refractivity contribution in [2.75, 3.05) is 13.6 Å². The SMILES string of the molecule is CC(=O)C1(OCOCc2ccccc2)CCC(C)C(OCOCc2ccccc2)C1(C)O. The molecule has 3 rings (SSSR count). The summed E-state index contributed by atoms with van der Waals surface area (Å²) in [4.78, 5) is 12.7. The van der Waals surface area contributed by atoms with E-state index in [0.29, 0.717) is 26.1 Å². The van der Waals surface area contributed by atoms with Gasteiger partial charge in [0.1, 0.15) is 19.2 Å². The minimum atomic E-state index is -1.54. The van der Waals surface area contributed by atoms with E-state index in [1.165, 1.54) is 6.92 Å². The maximum absolute atomic E-state index is 12.7.